The lowest BCUT2D eigenvalue weighted by Gasteiger charge is -2.32. The van der Waals surface area contributed by atoms with E-state index in [1.807, 2.05) is 17.9 Å². The number of imidazole rings is 1. The number of hydrogen-bond acceptors (Lipinski definition) is 8. The molecule has 3 aromatic rings. The van der Waals surface area contributed by atoms with E-state index < -0.39 is 17.8 Å². The summed E-state index contributed by atoms with van der Waals surface area (Å²) in [7, 11) is 2.14. The topological polar surface area (TPSA) is 84.2 Å². The van der Waals surface area contributed by atoms with E-state index in [1.54, 1.807) is 24.3 Å². The van der Waals surface area contributed by atoms with Gasteiger partial charge >= 0.3 is 0 Å². The number of para-hydroxylation sites is 2. The third-order valence-electron chi connectivity index (χ3n) is 7.97. The van der Waals surface area contributed by atoms with Crippen LogP contribution in [0.5, 0.6) is 0 Å². The minimum Gasteiger partial charge on any atom is -0.378 e. The Labute approximate surface area is 252 Å². The highest BCUT2D eigenvalue weighted by Gasteiger charge is 2.28. The fourth-order valence-corrected chi connectivity index (χ4v) is 5.85. The van der Waals surface area contributed by atoms with Gasteiger partial charge in [-0.1, -0.05) is 30.2 Å². The number of morpholine rings is 1. The molecule has 2 fully saturated rings. The molecule has 0 aliphatic carbocycles. The Morgan fingerprint density at radius 1 is 1.09 bits per heavy atom. The Morgan fingerprint density at radius 2 is 1.79 bits per heavy atom. The first-order valence-electron chi connectivity index (χ1n) is 14.8. The maximum atomic E-state index is 14.3. The summed E-state index contributed by atoms with van der Waals surface area (Å²) >= 11 is 0. The lowest BCUT2D eigenvalue weighted by molar-refractivity contribution is 0.122. The van der Waals surface area contributed by atoms with Gasteiger partial charge in [-0.2, -0.15) is 15.0 Å². The number of fused-ring (bicyclic) bond motifs is 1. The zero-order valence-corrected chi connectivity index (χ0v) is 25.4. The van der Waals surface area contributed by atoms with Crippen LogP contribution in [0, 0.1) is 18.3 Å². The quantitative estimate of drug-likeness (QED) is 0.262. The number of terminal acetylenes is 1. The second-order valence-electron chi connectivity index (χ2n) is 11.8. The molecule has 0 amide bonds. The minimum atomic E-state index is -2.82. The zero-order chi connectivity index (χ0) is 30.6. The van der Waals surface area contributed by atoms with Crippen LogP contribution in [0.25, 0.3) is 17.0 Å². The number of hydrogen-bond donors (Lipinski definition) is 1. The molecule has 0 atom stereocenters. The van der Waals surface area contributed by atoms with E-state index in [4.69, 9.17) is 16.1 Å². The Bertz CT molecular complexity index is 1530. The molecule has 2 aromatic heterocycles. The third-order valence-corrected chi connectivity index (χ3v) is 7.97. The van der Waals surface area contributed by atoms with Crippen LogP contribution in [0.4, 0.5) is 20.7 Å². The fourth-order valence-electron chi connectivity index (χ4n) is 5.85. The second kappa shape index (κ2) is 13.2. The first-order valence-corrected chi connectivity index (χ1v) is 14.8. The number of anilines is 2. The second-order valence-corrected chi connectivity index (χ2v) is 11.8. The van der Waals surface area contributed by atoms with Crippen LogP contribution in [0.1, 0.15) is 52.3 Å². The summed E-state index contributed by atoms with van der Waals surface area (Å²) in [6.45, 7) is 10.4. The first-order chi connectivity index (χ1) is 20.7. The molecule has 43 heavy (non-hydrogen) atoms. The smallest absolute Gasteiger partial charge is 0.296 e. The van der Waals surface area contributed by atoms with Gasteiger partial charge in [-0.25, -0.2) is 13.8 Å². The van der Waals surface area contributed by atoms with Crippen molar-refractivity contribution in [2.75, 3.05) is 56.7 Å². The maximum absolute atomic E-state index is 14.3. The van der Waals surface area contributed by atoms with Gasteiger partial charge in [0, 0.05) is 24.2 Å². The normalized spacial score (nSPS) is 18.0. The monoisotopic (exact) mass is 590 g/mol. The van der Waals surface area contributed by atoms with E-state index in [0.717, 1.165) is 37.1 Å². The van der Waals surface area contributed by atoms with Gasteiger partial charge in [0.1, 0.15) is 0 Å². The van der Waals surface area contributed by atoms with Crippen LogP contribution < -0.4 is 10.2 Å². The van der Waals surface area contributed by atoms with E-state index >= 15 is 0 Å². The van der Waals surface area contributed by atoms with Crippen molar-refractivity contribution in [1.29, 1.82) is 0 Å². The van der Waals surface area contributed by atoms with Crippen LogP contribution in [-0.4, -0.2) is 81.4 Å². The SMILES string of the molecule is C#C/C(=C(\C=C/C)CC(C)(C)Nc1nc(N2CCOCC2)nc(-n2c(C(F)F)nc3ccccc32)n1)C1CCN(C)CC1. The standard InChI is InChI=1S/C32H40F2N8O/c1-6-10-23(24(7-2)22-13-15-40(5)16-14-22)21-32(3,4)39-29-36-30(41-17-19-43-20-18-41)38-31(37-29)42-26-12-9-8-11-25(26)35-28(42)27(33)34/h2,6,8-12,22,27H,13-21H2,1,3-5H3,(H,36,37,38,39)/b10-6-,24-23-. The fraction of sp³-hybridized carbons (Fsp3) is 0.500. The summed E-state index contributed by atoms with van der Waals surface area (Å²) in [6.07, 6.45) is 10.1. The van der Waals surface area contributed by atoms with Crippen molar-refractivity contribution in [3.63, 3.8) is 0 Å². The van der Waals surface area contributed by atoms with Gasteiger partial charge in [-0.15, -0.1) is 6.42 Å². The highest BCUT2D eigenvalue weighted by atomic mass is 19.3. The molecule has 0 bridgehead atoms. The predicted molar refractivity (Wildman–Crippen MR) is 166 cm³/mol. The van der Waals surface area contributed by atoms with Gasteiger partial charge in [0.15, 0.2) is 5.82 Å². The van der Waals surface area contributed by atoms with Gasteiger partial charge < -0.3 is 19.9 Å². The molecule has 1 aromatic carbocycles. The third kappa shape index (κ3) is 7.03. The molecule has 228 valence electrons. The van der Waals surface area contributed by atoms with Crippen molar-refractivity contribution in [2.24, 2.45) is 5.92 Å². The summed E-state index contributed by atoms with van der Waals surface area (Å²) in [5, 5.41) is 3.49. The molecular weight excluding hydrogens is 550 g/mol. The molecule has 1 N–H and O–H groups in total. The minimum absolute atomic E-state index is 0.0821. The van der Waals surface area contributed by atoms with Crippen LogP contribution in [0.3, 0.4) is 0 Å². The summed E-state index contributed by atoms with van der Waals surface area (Å²) < 4.78 is 35.4. The Balaban J connectivity index is 1.54. The van der Waals surface area contributed by atoms with Gasteiger partial charge in [-0.3, -0.25) is 4.57 Å². The van der Waals surface area contributed by atoms with Gasteiger partial charge in [0.05, 0.1) is 24.2 Å². The lowest BCUT2D eigenvalue weighted by atomic mass is 9.83. The summed E-state index contributed by atoms with van der Waals surface area (Å²) in [4.78, 5) is 22.6. The van der Waals surface area contributed by atoms with Crippen molar-refractivity contribution in [2.45, 2.75) is 52.0 Å². The number of halogens is 2. The Kier molecular flexibility index (Phi) is 9.37. The van der Waals surface area contributed by atoms with Crippen molar-refractivity contribution in [3.8, 4) is 18.3 Å². The van der Waals surface area contributed by atoms with Crippen molar-refractivity contribution in [1.82, 2.24) is 29.4 Å². The van der Waals surface area contributed by atoms with Gasteiger partial charge in [0.2, 0.25) is 17.8 Å². The molecule has 2 aliphatic rings. The molecule has 5 rings (SSSR count). The van der Waals surface area contributed by atoms with Crippen LogP contribution in [-0.2, 0) is 4.74 Å². The average Bonchev–Trinajstić information content (AvgIpc) is 3.39. The van der Waals surface area contributed by atoms with Crippen molar-refractivity contribution >= 4 is 22.9 Å². The highest BCUT2D eigenvalue weighted by Crippen LogP contribution is 2.32. The van der Waals surface area contributed by atoms with Gasteiger partial charge in [0.25, 0.3) is 6.43 Å². The lowest BCUT2D eigenvalue weighted by Crippen LogP contribution is -2.38. The number of rotatable bonds is 9. The number of nitrogens with one attached hydrogen (secondary N) is 1. The number of ether oxygens (including phenoxy) is 1. The summed E-state index contributed by atoms with van der Waals surface area (Å²) in [5.41, 5.74) is 2.54. The van der Waals surface area contributed by atoms with Crippen molar-refractivity contribution in [3.05, 3.63) is 53.4 Å². The molecule has 0 spiro atoms. The molecular formula is C32H40F2N8O. The van der Waals surface area contributed by atoms with Crippen molar-refractivity contribution < 1.29 is 13.5 Å². The number of benzene rings is 1. The molecule has 0 unspecified atom stereocenters. The Hall–Kier alpha value is -3.88. The van der Waals surface area contributed by atoms with Crippen LogP contribution in [0.15, 0.2) is 47.6 Å². The van der Waals surface area contributed by atoms with E-state index in [2.05, 4.69) is 58.1 Å². The van der Waals surface area contributed by atoms with E-state index in [1.165, 1.54) is 4.57 Å². The summed E-state index contributed by atoms with van der Waals surface area (Å²) in [6, 6.07) is 6.99. The Morgan fingerprint density at radius 3 is 2.47 bits per heavy atom. The number of aromatic nitrogens is 5. The molecule has 0 saturated carbocycles. The number of likely N-dealkylation sites (tertiary alicyclic amines) is 1. The molecule has 2 saturated heterocycles. The zero-order valence-electron chi connectivity index (χ0n) is 25.4. The average molecular weight is 591 g/mol. The molecule has 0 radical (unpaired) electrons. The number of nitrogens with zero attached hydrogens (tertiary/aromatic N) is 7. The van der Waals surface area contributed by atoms with Gasteiger partial charge in [-0.05, 0) is 83.8 Å². The maximum Gasteiger partial charge on any atom is 0.296 e. The number of alkyl halides is 2. The highest BCUT2D eigenvalue weighted by molar-refractivity contribution is 5.77. The molecule has 4 heterocycles. The number of allylic oxidation sites excluding steroid dienone is 3. The molecule has 9 nitrogen and oxygen atoms in total. The van der Waals surface area contributed by atoms with E-state index in [0.29, 0.717) is 55.6 Å². The molecule has 11 heteroatoms. The predicted octanol–water partition coefficient (Wildman–Crippen LogP) is 5.41. The number of piperidine rings is 1. The van der Waals surface area contributed by atoms with Crippen LogP contribution in [0.2, 0.25) is 0 Å². The van der Waals surface area contributed by atoms with E-state index in [9.17, 15) is 8.78 Å². The first kappa shape index (κ1) is 30.6. The van der Waals surface area contributed by atoms with Crippen LogP contribution >= 0.6 is 0 Å². The summed E-state index contributed by atoms with van der Waals surface area (Å²) in [5.74, 6) is 3.69. The molecule has 2 aliphatic heterocycles. The largest absolute Gasteiger partial charge is 0.378 e. The van der Waals surface area contributed by atoms with E-state index in [-0.39, 0.29) is 11.9 Å².